The van der Waals surface area contributed by atoms with Crippen LogP contribution in [-0.4, -0.2) is 37.3 Å². The van der Waals surface area contributed by atoms with Crippen LogP contribution in [0.2, 0.25) is 0 Å². The third-order valence-corrected chi connectivity index (χ3v) is 1.72. The molecular weight excluding hydrogens is 134 g/mol. The van der Waals surface area contributed by atoms with Gasteiger partial charge in [-0.05, 0) is 0 Å². The van der Waals surface area contributed by atoms with Crippen LogP contribution in [0.15, 0.2) is 0 Å². The zero-order chi connectivity index (χ0) is 7.56. The molecule has 2 unspecified atom stereocenters. The van der Waals surface area contributed by atoms with Crippen molar-refractivity contribution in [1.29, 1.82) is 0 Å². The molecule has 1 saturated heterocycles. The Morgan fingerprint density at radius 1 is 1.80 bits per heavy atom. The molecule has 0 radical (unpaired) electrons. The first-order chi connectivity index (χ1) is 4.77. The molecule has 1 aliphatic heterocycles. The monoisotopic (exact) mass is 147 g/mol. The van der Waals surface area contributed by atoms with E-state index in [1.54, 1.807) is 7.11 Å². The summed E-state index contributed by atoms with van der Waals surface area (Å²) in [5.74, 6) is 0. The van der Waals surface area contributed by atoms with Crippen LogP contribution in [0.25, 0.3) is 0 Å². The fraction of sp³-hybridized carbons (Fsp3) is 1.00. The zero-order valence-electron chi connectivity index (χ0n) is 5.99. The number of aliphatic hydroxyl groups is 1. The van der Waals surface area contributed by atoms with E-state index in [0.29, 0.717) is 6.42 Å². The Morgan fingerprint density at radius 2 is 2.50 bits per heavy atom. The molecule has 0 bridgehead atoms. The maximum absolute atomic E-state index is 8.66. The van der Waals surface area contributed by atoms with Gasteiger partial charge in [0.25, 0.3) is 0 Å². The van der Waals surface area contributed by atoms with E-state index in [4.69, 9.17) is 20.3 Å². The van der Waals surface area contributed by atoms with Gasteiger partial charge in [-0.2, -0.15) is 0 Å². The number of methoxy groups -OCH3 is 1. The first kappa shape index (κ1) is 7.94. The van der Waals surface area contributed by atoms with E-state index in [2.05, 4.69) is 0 Å². The van der Waals surface area contributed by atoms with Crippen molar-refractivity contribution in [2.45, 2.75) is 24.9 Å². The number of aliphatic hydroxyl groups excluding tert-OH is 1. The van der Waals surface area contributed by atoms with Gasteiger partial charge in [0.1, 0.15) is 6.23 Å². The summed E-state index contributed by atoms with van der Waals surface area (Å²) in [5.41, 5.74) is 5.50. The SMILES string of the molecule is COC1CC(CO)O[C@H]1N. The van der Waals surface area contributed by atoms with Gasteiger partial charge in [-0.15, -0.1) is 0 Å². The molecule has 1 rings (SSSR count). The standard InChI is InChI=1S/C6H13NO3/c1-9-5-2-4(3-8)10-6(5)7/h4-6,8H,2-3,7H2,1H3/t4?,5?,6-/m1/s1. The summed E-state index contributed by atoms with van der Waals surface area (Å²) < 4.78 is 10.1. The minimum Gasteiger partial charge on any atom is -0.394 e. The van der Waals surface area contributed by atoms with E-state index >= 15 is 0 Å². The molecule has 3 N–H and O–H groups in total. The number of hydrogen-bond acceptors (Lipinski definition) is 4. The summed E-state index contributed by atoms with van der Waals surface area (Å²) in [6.07, 6.45) is 0.119. The maximum atomic E-state index is 8.66. The van der Waals surface area contributed by atoms with Crippen molar-refractivity contribution in [3.05, 3.63) is 0 Å². The van der Waals surface area contributed by atoms with E-state index in [0.717, 1.165) is 0 Å². The van der Waals surface area contributed by atoms with Gasteiger partial charge in [0.2, 0.25) is 0 Å². The predicted molar refractivity (Wildman–Crippen MR) is 35.3 cm³/mol. The minimum absolute atomic E-state index is 0.0214. The molecule has 1 heterocycles. The summed E-state index contributed by atoms with van der Waals surface area (Å²) in [5, 5.41) is 8.66. The third kappa shape index (κ3) is 1.46. The summed E-state index contributed by atoms with van der Waals surface area (Å²) in [4.78, 5) is 0. The minimum atomic E-state index is -0.373. The molecule has 0 aromatic heterocycles. The van der Waals surface area contributed by atoms with Crippen LogP contribution >= 0.6 is 0 Å². The lowest BCUT2D eigenvalue weighted by Gasteiger charge is -2.10. The first-order valence-corrected chi connectivity index (χ1v) is 3.32. The summed E-state index contributed by atoms with van der Waals surface area (Å²) in [6, 6.07) is 0. The van der Waals surface area contributed by atoms with Crippen LogP contribution < -0.4 is 5.73 Å². The molecule has 4 heteroatoms. The van der Waals surface area contributed by atoms with Crippen LogP contribution in [0.5, 0.6) is 0 Å². The van der Waals surface area contributed by atoms with E-state index in [1.165, 1.54) is 0 Å². The molecule has 10 heavy (non-hydrogen) atoms. The van der Waals surface area contributed by atoms with E-state index in [-0.39, 0.29) is 25.0 Å². The Kier molecular flexibility index (Phi) is 2.62. The van der Waals surface area contributed by atoms with Gasteiger partial charge in [-0.25, -0.2) is 0 Å². The lowest BCUT2D eigenvalue weighted by molar-refractivity contribution is -0.0157. The maximum Gasteiger partial charge on any atom is 0.132 e. The Hall–Kier alpha value is -0.160. The van der Waals surface area contributed by atoms with Crippen LogP contribution in [0.1, 0.15) is 6.42 Å². The Labute approximate surface area is 59.9 Å². The van der Waals surface area contributed by atoms with Crippen molar-refractivity contribution < 1.29 is 14.6 Å². The van der Waals surface area contributed by atoms with Crippen LogP contribution in [0.3, 0.4) is 0 Å². The van der Waals surface area contributed by atoms with Crippen LogP contribution in [0.4, 0.5) is 0 Å². The Morgan fingerprint density at radius 3 is 2.80 bits per heavy atom. The molecule has 1 fully saturated rings. The number of rotatable bonds is 2. The second kappa shape index (κ2) is 3.30. The van der Waals surface area contributed by atoms with Crippen molar-refractivity contribution >= 4 is 0 Å². The normalized spacial score (nSPS) is 40.5. The van der Waals surface area contributed by atoms with Gasteiger partial charge in [0.05, 0.1) is 18.8 Å². The highest BCUT2D eigenvalue weighted by atomic mass is 16.6. The number of nitrogens with two attached hydrogens (primary N) is 1. The van der Waals surface area contributed by atoms with Crippen molar-refractivity contribution in [1.82, 2.24) is 0 Å². The summed E-state index contributed by atoms with van der Waals surface area (Å²) in [6.45, 7) is 0.0214. The average Bonchev–Trinajstić information content (AvgIpc) is 2.30. The molecule has 3 atom stereocenters. The summed E-state index contributed by atoms with van der Waals surface area (Å²) in [7, 11) is 1.59. The lowest BCUT2D eigenvalue weighted by Crippen LogP contribution is -2.31. The molecule has 1 aliphatic rings. The Bertz CT molecular complexity index is 109. The molecule has 0 aromatic rings. The van der Waals surface area contributed by atoms with Crippen LogP contribution in [0, 0.1) is 0 Å². The van der Waals surface area contributed by atoms with Gasteiger partial charge < -0.3 is 20.3 Å². The molecular formula is C6H13NO3. The van der Waals surface area contributed by atoms with Crippen molar-refractivity contribution in [3.8, 4) is 0 Å². The highest BCUT2D eigenvalue weighted by molar-refractivity contribution is 4.78. The zero-order valence-corrected chi connectivity index (χ0v) is 5.99. The third-order valence-electron chi connectivity index (χ3n) is 1.72. The van der Waals surface area contributed by atoms with Gasteiger partial charge in [-0.1, -0.05) is 0 Å². The highest BCUT2D eigenvalue weighted by Crippen LogP contribution is 2.18. The van der Waals surface area contributed by atoms with Gasteiger partial charge in [-0.3, -0.25) is 0 Å². The second-order valence-electron chi connectivity index (χ2n) is 2.42. The lowest BCUT2D eigenvalue weighted by atomic mass is 10.2. The second-order valence-corrected chi connectivity index (χ2v) is 2.42. The largest absolute Gasteiger partial charge is 0.394 e. The van der Waals surface area contributed by atoms with E-state index in [1.807, 2.05) is 0 Å². The van der Waals surface area contributed by atoms with Crippen molar-refractivity contribution in [2.75, 3.05) is 13.7 Å². The Balaban J connectivity index is 2.36. The molecule has 60 valence electrons. The number of hydrogen-bond donors (Lipinski definition) is 2. The average molecular weight is 147 g/mol. The molecule has 4 nitrogen and oxygen atoms in total. The number of ether oxygens (including phenoxy) is 2. The highest BCUT2D eigenvalue weighted by Gasteiger charge is 2.31. The summed E-state index contributed by atoms with van der Waals surface area (Å²) >= 11 is 0. The first-order valence-electron chi connectivity index (χ1n) is 3.32. The molecule has 0 aliphatic carbocycles. The fourth-order valence-corrected chi connectivity index (χ4v) is 1.11. The van der Waals surface area contributed by atoms with Crippen LogP contribution in [-0.2, 0) is 9.47 Å². The molecule has 0 spiro atoms. The molecule has 0 saturated carbocycles. The van der Waals surface area contributed by atoms with Gasteiger partial charge >= 0.3 is 0 Å². The smallest absolute Gasteiger partial charge is 0.132 e. The van der Waals surface area contributed by atoms with Crippen molar-refractivity contribution in [2.24, 2.45) is 5.73 Å². The molecule has 0 amide bonds. The van der Waals surface area contributed by atoms with E-state index in [9.17, 15) is 0 Å². The van der Waals surface area contributed by atoms with Gasteiger partial charge in [0, 0.05) is 13.5 Å². The quantitative estimate of drug-likeness (QED) is 0.529. The van der Waals surface area contributed by atoms with Crippen molar-refractivity contribution in [3.63, 3.8) is 0 Å². The topological polar surface area (TPSA) is 64.7 Å². The molecule has 0 aromatic carbocycles. The predicted octanol–water partition coefficient (Wildman–Crippen LogP) is -0.933. The van der Waals surface area contributed by atoms with E-state index < -0.39 is 0 Å². The van der Waals surface area contributed by atoms with Gasteiger partial charge in [0.15, 0.2) is 0 Å². The fourth-order valence-electron chi connectivity index (χ4n) is 1.11.